The van der Waals surface area contributed by atoms with Crippen molar-refractivity contribution in [2.75, 3.05) is 20.3 Å². The van der Waals surface area contributed by atoms with Gasteiger partial charge >= 0.3 is 0 Å². The zero-order valence-electron chi connectivity index (χ0n) is 18.6. The van der Waals surface area contributed by atoms with Crippen LogP contribution in [-0.2, 0) is 17.0 Å². The summed E-state index contributed by atoms with van der Waals surface area (Å²) in [6.45, 7) is 1.75. The zero-order chi connectivity index (χ0) is 23.9. The van der Waals surface area contributed by atoms with Gasteiger partial charge in [0.25, 0.3) is 5.91 Å². The fourth-order valence-corrected chi connectivity index (χ4v) is 4.79. The van der Waals surface area contributed by atoms with Crippen LogP contribution in [0.15, 0.2) is 66.1 Å². The van der Waals surface area contributed by atoms with Crippen LogP contribution < -0.4 is 5.32 Å². The Morgan fingerprint density at radius 1 is 1.21 bits per heavy atom. The van der Waals surface area contributed by atoms with Gasteiger partial charge in [-0.15, -0.1) is 0 Å². The molecule has 2 aromatic heterocycles. The van der Waals surface area contributed by atoms with Gasteiger partial charge in [-0.2, -0.15) is 0 Å². The van der Waals surface area contributed by atoms with Gasteiger partial charge in [0.2, 0.25) is 0 Å². The number of aromatic nitrogens is 3. The lowest BCUT2D eigenvalue weighted by Crippen LogP contribution is -2.25. The van der Waals surface area contributed by atoms with Gasteiger partial charge < -0.3 is 14.6 Å². The van der Waals surface area contributed by atoms with Crippen LogP contribution >= 0.6 is 23.4 Å². The number of ether oxygens (including phenoxy) is 1. The van der Waals surface area contributed by atoms with Gasteiger partial charge in [-0.1, -0.05) is 41.6 Å². The Kier molecular flexibility index (Phi) is 8.16. The maximum Gasteiger partial charge on any atom is 0.251 e. The maximum atomic E-state index is 13.4. The largest absolute Gasteiger partial charge is 0.385 e. The molecule has 0 saturated carbocycles. The molecule has 4 rings (SSSR count). The second kappa shape index (κ2) is 11.5. The average molecular weight is 499 g/mol. The molecule has 2 aromatic carbocycles. The van der Waals surface area contributed by atoms with Gasteiger partial charge in [-0.25, -0.2) is 9.37 Å². The van der Waals surface area contributed by atoms with Crippen molar-refractivity contribution in [2.45, 2.75) is 23.9 Å². The molecule has 34 heavy (non-hydrogen) atoms. The molecule has 0 aliphatic rings. The van der Waals surface area contributed by atoms with E-state index < -0.39 is 0 Å². The molecule has 6 nitrogen and oxygen atoms in total. The van der Waals surface area contributed by atoms with E-state index in [2.05, 4.69) is 14.9 Å². The number of benzene rings is 2. The van der Waals surface area contributed by atoms with E-state index in [0.29, 0.717) is 36.0 Å². The summed E-state index contributed by atoms with van der Waals surface area (Å²) < 4.78 is 20.5. The first kappa shape index (κ1) is 24.2. The van der Waals surface area contributed by atoms with Crippen LogP contribution in [0.25, 0.3) is 11.0 Å². The number of fused-ring (bicyclic) bond motifs is 1. The summed E-state index contributed by atoms with van der Waals surface area (Å²) in [6.07, 6.45) is 4.27. The van der Waals surface area contributed by atoms with Crippen molar-refractivity contribution in [3.05, 3.63) is 88.5 Å². The summed E-state index contributed by atoms with van der Waals surface area (Å²) in [7, 11) is 1.64. The number of nitrogens with one attached hydrogen (secondary N) is 1. The van der Waals surface area contributed by atoms with Crippen LogP contribution in [0.3, 0.4) is 0 Å². The van der Waals surface area contributed by atoms with Gasteiger partial charge in [0.15, 0.2) is 5.16 Å². The number of hydrogen-bond acceptors (Lipinski definition) is 5. The molecule has 0 unspecified atom stereocenters. The lowest BCUT2D eigenvalue weighted by atomic mass is 10.1. The minimum absolute atomic E-state index is 0.104. The Morgan fingerprint density at radius 3 is 2.79 bits per heavy atom. The normalized spacial score (nSPS) is 11.1. The predicted octanol–water partition coefficient (Wildman–Crippen LogP) is 5.33. The van der Waals surface area contributed by atoms with E-state index in [1.165, 1.54) is 23.9 Å². The fraction of sp³-hybridized carbons (Fsp3) is 0.240. The number of carbonyl (C=O) groups is 1. The topological polar surface area (TPSA) is 69.0 Å². The number of hydrogen-bond donors (Lipinski definition) is 1. The number of pyridine rings is 1. The van der Waals surface area contributed by atoms with Crippen molar-refractivity contribution in [1.82, 2.24) is 19.9 Å². The first-order valence-electron chi connectivity index (χ1n) is 10.8. The zero-order valence-corrected chi connectivity index (χ0v) is 20.2. The van der Waals surface area contributed by atoms with Crippen LogP contribution in [0.4, 0.5) is 4.39 Å². The third kappa shape index (κ3) is 5.94. The number of methoxy groups -OCH3 is 1. The maximum absolute atomic E-state index is 13.4. The second-order valence-electron chi connectivity index (χ2n) is 7.67. The fourth-order valence-electron chi connectivity index (χ4n) is 3.46. The van der Waals surface area contributed by atoms with E-state index in [0.717, 1.165) is 33.7 Å². The van der Waals surface area contributed by atoms with Crippen molar-refractivity contribution in [2.24, 2.45) is 0 Å². The minimum Gasteiger partial charge on any atom is -0.385 e. The number of imidazole rings is 1. The second-order valence-corrected chi connectivity index (χ2v) is 9.02. The quantitative estimate of drug-likeness (QED) is 0.236. The Balaban J connectivity index is 1.50. The van der Waals surface area contributed by atoms with Gasteiger partial charge in [0.1, 0.15) is 5.82 Å². The molecule has 176 valence electrons. The SMILES string of the molecule is COCCCNC(=O)c1ccc(Cn2c(SCc3ccc(F)cc3Cl)nc3ccncc32)cc1. The van der Waals surface area contributed by atoms with E-state index in [1.807, 2.05) is 30.3 Å². The minimum atomic E-state index is -0.357. The predicted molar refractivity (Wildman–Crippen MR) is 133 cm³/mol. The van der Waals surface area contributed by atoms with Crippen molar-refractivity contribution in [3.8, 4) is 0 Å². The molecule has 1 amide bonds. The van der Waals surface area contributed by atoms with Crippen LogP contribution in [0.1, 0.15) is 27.9 Å². The summed E-state index contributed by atoms with van der Waals surface area (Å²) >= 11 is 7.73. The molecule has 1 N–H and O–H groups in total. The van der Waals surface area contributed by atoms with Crippen molar-refractivity contribution in [1.29, 1.82) is 0 Å². The number of carbonyl (C=O) groups excluding carboxylic acids is 1. The molecule has 4 aromatic rings. The first-order valence-corrected chi connectivity index (χ1v) is 12.1. The Hall–Kier alpha value is -2.94. The van der Waals surface area contributed by atoms with Crippen molar-refractivity contribution >= 4 is 40.3 Å². The van der Waals surface area contributed by atoms with Gasteiger partial charge in [-0.3, -0.25) is 9.78 Å². The molecule has 0 atom stereocenters. The van der Waals surface area contributed by atoms with Gasteiger partial charge in [0, 0.05) is 42.8 Å². The number of nitrogens with zero attached hydrogens (tertiary/aromatic N) is 3. The first-order chi connectivity index (χ1) is 16.5. The number of rotatable bonds is 10. The average Bonchev–Trinajstić information content (AvgIpc) is 3.19. The highest BCUT2D eigenvalue weighted by Gasteiger charge is 2.14. The lowest BCUT2D eigenvalue weighted by Gasteiger charge is -2.11. The summed E-state index contributed by atoms with van der Waals surface area (Å²) in [6, 6.07) is 13.8. The summed E-state index contributed by atoms with van der Waals surface area (Å²) in [5, 5.41) is 4.10. The lowest BCUT2D eigenvalue weighted by molar-refractivity contribution is 0.0948. The highest BCUT2D eigenvalue weighted by Crippen LogP contribution is 2.30. The highest BCUT2D eigenvalue weighted by atomic mass is 35.5. The highest BCUT2D eigenvalue weighted by molar-refractivity contribution is 7.98. The van der Waals surface area contributed by atoms with Crippen molar-refractivity contribution < 1.29 is 13.9 Å². The standard InChI is InChI=1S/C25H24ClFN4O2S/c1-33-12-2-10-29-24(32)18-5-3-17(4-6-18)15-31-23-14-28-11-9-22(23)30-25(31)34-16-19-7-8-20(27)13-21(19)26/h3-9,11,13-14H,2,10,12,15-16H2,1H3,(H,29,32). The Bertz CT molecular complexity index is 1280. The Morgan fingerprint density at radius 2 is 2.03 bits per heavy atom. The van der Waals surface area contributed by atoms with Crippen molar-refractivity contribution in [3.63, 3.8) is 0 Å². The summed E-state index contributed by atoms with van der Waals surface area (Å²) in [5.41, 5.74) is 4.23. The molecule has 0 aliphatic heterocycles. The van der Waals surface area contributed by atoms with Gasteiger partial charge in [-0.05, 0) is 47.9 Å². The van der Waals surface area contributed by atoms with E-state index in [-0.39, 0.29) is 11.7 Å². The molecule has 0 radical (unpaired) electrons. The molecule has 0 saturated heterocycles. The Labute approximate surface area is 206 Å². The molecule has 2 heterocycles. The van der Waals surface area contributed by atoms with Gasteiger partial charge in [0.05, 0.1) is 23.8 Å². The monoisotopic (exact) mass is 498 g/mol. The van der Waals surface area contributed by atoms with E-state index in [9.17, 15) is 9.18 Å². The smallest absolute Gasteiger partial charge is 0.251 e. The molecular weight excluding hydrogens is 475 g/mol. The molecule has 9 heteroatoms. The van der Waals surface area contributed by atoms with Crippen LogP contribution in [0, 0.1) is 5.82 Å². The number of halogens is 2. The molecule has 0 spiro atoms. The van der Waals surface area contributed by atoms with Crippen LogP contribution in [0.5, 0.6) is 0 Å². The van der Waals surface area contributed by atoms with Crippen LogP contribution in [0.2, 0.25) is 5.02 Å². The number of amides is 1. The molecule has 0 fully saturated rings. The third-order valence-electron chi connectivity index (χ3n) is 5.26. The molecular formula is C25H24ClFN4O2S. The molecule has 0 bridgehead atoms. The van der Waals surface area contributed by atoms with E-state index in [1.54, 1.807) is 25.6 Å². The molecule has 0 aliphatic carbocycles. The number of thioether (sulfide) groups is 1. The van der Waals surface area contributed by atoms with E-state index >= 15 is 0 Å². The summed E-state index contributed by atoms with van der Waals surface area (Å²) in [5.74, 6) is 0.0921. The van der Waals surface area contributed by atoms with Crippen LogP contribution in [-0.4, -0.2) is 40.7 Å². The van der Waals surface area contributed by atoms with E-state index in [4.69, 9.17) is 21.3 Å². The summed E-state index contributed by atoms with van der Waals surface area (Å²) in [4.78, 5) is 21.3. The third-order valence-corrected chi connectivity index (χ3v) is 6.63.